The zero-order chi connectivity index (χ0) is 15.3. The highest BCUT2D eigenvalue weighted by atomic mass is 16.5. The van der Waals surface area contributed by atoms with Gasteiger partial charge in [-0.15, -0.1) is 0 Å². The molecular formula is C13H26N4O3. The van der Waals surface area contributed by atoms with Gasteiger partial charge in [-0.3, -0.25) is 9.69 Å². The Kier molecular flexibility index (Phi) is 5.76. The van der Waals surface area contributed by atoms with Gasteiger partial charge in [-0.2, -0.15) is 0 Å². The molecule has 1 saturated heterocycles. The third-order valence-electron chi connectivity index (χ3n) is 3.39. The van der Waals surface area contributed by atoms with Gasteiger partial charge < -0.3 is 20.6 Å². The molecule has 0 aromatic heterocycles. The number of carbonyl (C=O) groups excluding carboxylic acids is 1. The van der Waals surface area contributed by atoms with Gasteiger partial charge in [-0.05, 0) is 27.7 Å². The van der Waals surface area contributed by atoms with Crippen LogP contribution in [0.15, 0.2) is 5.16 Å². The lowest BCUT2D eigenvalue weighted by Crippen LogP contribution is -2.55. The van der Waals surface area contributed by atoms with E-state index in [9.17, 15) is 4.79 Å². The number of amidine groups is 1. The summed E-state index contributed by atoms with van der Waals surface area (Å²) >= 11 is 0. The molecule has 1 atom stereocenters. The lowest BCUT2D eigenvalue weighted by Gasteiger charge is -2.37. The van der Waals surface area contributed by atoms with Gasteiger partial charge in [0, 0.05) is 26.2 Å². The molecule has 7 heteroatoms. The zero-order valence-corrected chi connectivity index (χ0v) is 12.8. The Morgan fingerprint density at radius 1 is 1.35 bits per heavy atom. The number of oxime groups is 1. The van der Waals surface area contributed by atoms with Crippen LogP contribution in [0.25, 0.3) is 0 Å². The van der Waals surface area contributed by atoms with Crippen molar-refractivity contribution < 1.29 is 14.7 Å². The van der Waals surface area contributed by atoms with Crippen LogP contribution >= 0.6 is 0 Å². The fourth-order valence-corrected chi connectivity index (χ4v) is 2.00. The molecule has 0 saturated carbocycles. The molecule has 7 nitrogen and oxygen atoms in total. The Hall–Kier alpha value is -1.34. The number of nitrogens with zero attached hydrogens (tertiary/aromatic N) is 3. The molecule has 1 fully saturated rings. The van der Waals surface area contributed by atoms with Crippen LogP contribution in [0.3, 0.4) is 0 Å². The summed E-state index contributed by atoms with van der Waals surface area (Å²) < 4.78 is 5.50. The summed E-state index contributed by atoms with van der Waals surface area (Å²) in [4.78, 5) is 15.9. The Balaban J connectivity index is 2.40. The average molecular weight is 286 g/mol. The molecule has 20 heavy (non-hydrogen) atoms. The fourth-order valence-electron chi connectivity index (χ4n) is 2.00. The van der Waals surface area contributed by atoms with Crippen LogP contribution < -0.4 is 5.73 Å². The molecule has 0 bridgehead atoms. The standard InChI is InChI=1S/C13H26N4O3/c1-10(12(14)15-19)16-5-7-17(8-6-16)11(18)9-20-13(2,3)4/h10,19H,5-9H2,1-4H3,(H2,14,15). The van der Waals surface area contributed by atoms with Gasteiger partial charge in [0.15, 0.2) is 5.84 Å². The van der Waals surface area contributed by atoms with Gasteiger partial charge in [-0.25, -0.2) is 0 Å². The van der Waals surface area contributed by atoms with Crippen molar-refractivity contribution in [2.45, 2.75) is 39.3 Å². The summed E-state index contributed by atoms with van der Waals surface area (Å²) in [5.74, 6) is 0.205. The van der Waals surface area contributed by atoms with E-state index in [0.717, 1.165) is 0 Å². The van der Waals surface area contributed by atoms with Gasteiger partial charge in [-0.1, -0.05) is 5.16 Å². The summed E-state index contributed by atoms with van der Waals surface area (Å²) in [7, 11) is 0. The largest absolute Gasteiger partial charge is 0.409 e. The third kappa shape index (κ3) is 4.97. The van der Waals surface area contributed by atoms with E-state index in [-0.39, 0.29) is 30.0 Å². The number of ether oxygens (including phenoxy) is 1. The maximum Gasteiger partial charge on any atom is 0.248 e. The summed E-state index contributed by atoms with van der Waals surface area (Å²) in [5.41, 5.74) is 5.29. The SMILES string of the molecule is CC(C(N)=NO)N1CCN(C(=O)COC(C)(C)C)CC1. The number of nitrogens with two attached hydrogens (primary N) is 1. The quantitative estimate of drug-likeness (QED) is 0.330. The first-order valence-electron chi connectivity index (χ1n) is 6.88. The molecule has 1 rings (SSSR count). The number of carbonyl (C=O) groups is 1. The van der Waals surface area contributed by atoms with Crippen molar-refractivity contribution in [1.29, 1.82) is 0 Å². The maximum atomic E-state index is 12.0. The first kappa shape index (κ1) is 16.7. The van der Waals surface area contributed by atoms with Crippen molar-refractivity contribution in [3.05, 3.63) is 0 Å². The van der Waals surface area contributed by atoms with Gasteiger partial charge in [0.25, 0.3) is 0 Å². The molecule has 1 aliphatic heterocycles. The summed E-state index contributed by atoms with van der Waals surface area (Å²) in [6.07, 6.45) is 0. The summed E-state index contributed by atoms with van der Waals surface area (Å²) in [6, 6.07) is -0.122. The van der Waals surface area contributed by atoms with Crippen molar-refractivity contribution in [3.8, 4) is 0 Å². The number of piperazine rings is 1. The van der Waals surface area contributed by atoms with Gasteiger partial charge in [0.2, 0.25) is 5.91 Å². The first-order chi connectivity index (χ1) is 9.24. The summed E-state index contributed by atoms with van der Waals surface area (Å²) in [6.45, 7) is 10.5. The lowest BCUT2D eigenvalue weighted by molar-refractivity contribution is -0.142. The molecule has 1 amide bonds. The Morgan fingerprint density at radius 3 is 2.35 bits per heavy atom. The normalized spacial score (nSPS) is 20.0. The van der Waals surface area contributed by atoms with E-state index in [1.54, 1.807) is 4.90 Å². The number of rotatable bonds is 4. The van der Waals surface area contributed by atoms with E-state index < -0.39 is 0 Å². The fraction of sp³-hybridized carbons (Fsp3) is 0.846. The second kappa shape index (κ2) is 6.90. The van der Waals surface area contributed by atoms with Crippen molar-refractivity contribution in [2.24, 2.45) is 10.9 Å². The van der Waals surface area contributed by atoms with Crippen molar-refractivity contribution in [3.63, 3.8) is 0 Å². The van der Waals surface area contributed by atoms with Crippen LogP contribution in [-0.2, 0) is 9.53 Å². The molecule has 1 aliphatic rings. The van der Waals surface area contributed by atoms with Crippen LogP contribution in [0.1, 0.15) is 27.7 Å². The van der Waals surface area contributed by atoms with E-state index in [4.69, 9.17) is 15.7 Å². The molecule has 116 valence electrons. The van der Waals surface area contributed by atoms with E-state index in [2.05, 4.69) is 10.1 Å². The van der Waals surface area contributed by atoms with E-state index >= 15 is 0 Å². The molecule has 0 spiro atoms. The predicted octanol–water partition coefficient (Wildman–Crippen LogP) is 0.0806. The van der Waals surface area contributed by atoms with Gasteiger partial charge in [0.05, 0.1) is 11.6 Å². The van der Waals surface area contributed by atoms with Crippen LogP contribution in [0.4, 0.5) is 0 Å². The van der Waals surface area contributed by atoms with Crippen molar-refractivity contribution in [1.82, 2.24) is 9.80 Å². The molecule has 0 radical (unpaired) electrons. The minimum atomic E-state index is -0.308. The molecule has 0 aromatic rings. The Bertz CT molecular complexity index is 357. The van der Waals surface area contributed by atoms with Crippen LogP contribution in [0, 0.1) is 0 Å². The molecule has 1 unspecified atom stereocenters. The average Bonchev–Trinajstić information content (AvgIpc) is 2.42. The molecule has 1 heterocycles. The highest BCUT2D eigenvalue weighted by Gasteiger charge is 2.26. The van der Waals surface area contributed by atoms with Crippen molar-refractivity contribution in [2.75, 3.05) is 32.8 Å². The minimum Gasteiger partial charge on any atom is -0.409 e. The smallest absolute Gasteiger partial charge is 0.248 e. The zero-order valence-electron chi connectivity index (χ0n) is 12.8. The monoisotopic (exact) mass is 286 g/mol. The first-order valence-corrected chi connectivity index (χ1v) is 6.88. The molecular weight excluding hydrogens is 260 g/mol. The lowest BCUT2D eigenvalue weighted by atomic mass is 10.2. The number of amides is 1. The highest BCUT2D eigenvalue weighted by molar-refractivity contribution is 5.84. The Morgan fingerprint density at radius 2 is 1.90 bits per heavy atom. The number of hydrogen-bond donors (Lipinski definition) is 2. The maximum absolute atomic E-state index is 12.0. The number of hydrogen-bond acceptors (Lipinski definition) is 5. The van der Waals surface area contributed by atoms with Crippen LogP contribution in [-0.4, -0.2) is 71.2 Å². The second-order valence-corrected chi connectivity index (χ2v) is 6.02. The van der Waals surface area contributed by atoms with E-state index in [1.165, 1.54) is 0 Å². The Labute approximate surface area is 120 Å². The van der Waals surface area contributed by atoms with E-state index in [1.807, 2.05) is 27.7 Å². The predicted molar refractivity (Wildman–Crippen MR) is 76.7 cm³/mol. The van der Waals surface area contributed by atoms with Gasteiger partial charge >= 0.3 is 0 Å². The summed E-state index contributed by atoms with van der Waals surface area (Å²) in [5, 5.41) is 11.7. The molecule has 0 aromatic carbocycles. The van der Waals surface area contributed by atoms with E-state index in [0.29, 0.717) is 26.2 Å². The minimum absolute atomic E-state index is 0.0102. The molecule has 3 N–H and O–H groups in total. The molecule has 0 aliphatic carbocycles. The van der Waals surface area contributed by atoms with Crippen LogP contribution in [0.2, 0.25) is 0 Å². The third-order valence-corrected chi connectivity index (χ3v) is 3.39. The van der Waals surface area contributed by atoms with Crippen molar-refractivity contribution >= 4 is 11.7 Å². The second-order valence-electron chi connectivity index (χ2n) is 6.02. The van der Waals surface area contributed by atoms with Gasteiger partial charge in [0.1, 0.15) is 6.61 Å². The van der Waals surface area contributed by atoms with Crippen LogP contribution in [0.5, 0.6) is 0 Å². The highest BCUT2D eigenvalue weighted by Crippen LogP contribution is 2.10. The topological polar surface area (TPSA) is 91.4 Å².